The molecule has 118 valence electrons. The second-order valence-corrected chi connectivity index (χ2v) is 6.10. The smallest absolute Gasteiger partial charge is 0.259 e. The fourth-order valence-electron chi connectivity index (χ4n) is 2.71. The van der Waals surface area contributed by atoms with Gasteiger partial charge in [0.25, 0.3) is 5.91 Å². The molecule has 2 heterocycles. The number of nitrogens with zero attached hydrogens (tertiary/aromatic N) is 3. The van der Waals surface area contributed by atoms with Gasteiger partial charge >= 0.3 is 0 Å². The maximum atomic E-state index is 12.7. The monoisotopic (exact) mass is 295 g/mol. The van der Waals surface area contributed by atoms with Crippen LogP contribution in [0.25, 0.3) is 0 Å². The summed E-state index contributed by atoms with van der Waals surface area (Å²) >= 11 is 0. The molecule has 0 bridgehead atoms. The highest BCUT2D eigenvalue weighted by Gasteiger charge is 2.29. The van der Waals surface area contributed by atoms with E-state index in [1.807, 2.05) is 25.7 Å². The first kappa shape index (κ1) is 16.0. The minimum absolute atomic E-state index is 0.00847. The molecule has 2 rings (SSSR count). The SMILES string of the molecule is Cc1noc(C(C)C)c1C(=O)N1CCN(C[C@@H](C)O)CC1. The molecule has 1 aromatic heterocycles. The number of aryl methyl sites for hydroxylation is 1. The standard InChI is InChI=1S/C15H25N3O3/c1-10(2)14-13(12(4)16-21-14)15(20)18-7-5-17(6-8-18)9-11(3)19/h10-11,19H,5-9H2,1-4H3/t11-/m1/s1. The van der Waals surface area contributed by atoms with Crippen molar-refractivity contribution in [1.29, 1.82) is 0 Å². The number of aromatic nitrogens is 1. The number of hydrogen-bond donors (Lipinski definition) is 1. The van der Waals surface area contributed by atoms with Crippen molar-refractivity contribution >= 4 is 5.91 Å². The van der Waals surface area contributed by atoms with E-state index in [1.54, 1.807) is 6.92 Å². The van der Waals surface area contributed by atoms with Crippen molar-refractivity contribution in [2.24, 2.45) is 0 Å². The lowest BCUT2D eigenvalue weighted by atomic mass is 10.0. The second-order valence-electron chi connectivity index (χ2n) is 6.10. The van der Waals surface area contributed by atoms with E-state index < -0.39 is 0 Å². The normalized spacial score (nSPS) is 18.3. The largest absolute Gasteiger partial charge is 0.392 e. The molecule has 6 heteroatoms. The number of aliphatic hydroxyl groups excluding tert-OH is 1. The van der Waals surface area contributed by atoms with Gasteiger partial charge < -0.3 is 14.5 Å². The van der Waals surface area contributed by atoms with E-state index in [1.165, 1.54) is 0 Å². The molecule has 0 aromatic carbocycles. The average Bonchev–Trinajstić information content (AvgIpc) is 2.80. The molecule has 1 aliphatic rings. The van der Waals surface area contributed by atoms with E-state index in [4.69, 9.17) is 4.52 Å². The molecule has 21 heavy (non-hydrogen) atoms. The van der Waals surface area contributed by atoms with E-state index >= 15 is 0 Å². The minimum Gasteiger partial charge on any atom is -0.392 e. The van der Waals surface area contributed by atoms with Crippen molar-refractivity contribution < 1.29 is 14.4 Å². The Morgan fingerprint density at radius 2 is 1.90 bits per heavy atom. The fraction of sp³-hybridized carbons (Fsp3) is 0.733. The number of rotatable bonds is 4. The van der Waals surface area contributed by atoms with Crippen molar-refractivity contribution in [3.63, 3.8) is 0 Å². The molecule has 1 atom stereocenters. The molecular formula is C15H25N3O3. The van der Waals surface area contributed by atoms with Gasteiger partial charge in [0.2, 0.25) is 0 Å². The molecule has 6 nitrogen and oxygen atoms in total. The Hall–Kier alpha value is -1.40. The van der Waals surface area contributed by atoms with Crippen LogP contribution < -0.4 is 0 Å². The van der Waals surface area contributed by atoms with Crippen LogP contribution in [0.4, 0.5) is 0 Å². The van der Waals surface area contributed by atoms with Crippen LogP contribution in [-0.2, 0) is 0 Å². The van der Waals surface area contributed by atoms with Crippen LogP contribution in [0.5, 0.6) is 0 Å². The fourth-order valence-corrected chi connectivity index (χ4v) is 2.71. The summed E-state index contributed by atoms with van der Waals surface area (Å²) in [5.74, 6) is 0.819. The van der Waals surface area contributed by atoms with Crippen LogP contribution in [0.1, 0.15) is 48.5 Å². The number of piperazine rings is 1. The van der Waals surface area contributed by atoms with Gasteiger partial charge in [0.15, 0.2) is 5.76 Å². The predicted molar refractivity (Wildman–Crippen MR) is 79.4 cm³/mol. The summed E-state index contributed by atoms with van der Waals surface area (Å²) < 4.78 is 5.30. The zero-order chi connectivity index (χ0) is 15.6. The van der Waals surface area contributed by atoms with Crippen LogP contribution in [0.3, 0.4) is 0 Å². The Kier molecular flexibility index (Phi) is 5.00. The highest BCUT2D eigenvalue weighted by Crippen LogP contribution is 2.24. The van der Waals surface area contributed by atoms with Gasteiger partial charge in [-0.2, -0.15) is 0 Å². The van der Waals surface area contributed by atoms with E-state index in [0.717, 1.165) is 13.1 Å². The zero-order valence-corrected chi connectivity index (χ0v) is 13.3. The van der Waals surface area contributed by atoms with Gasteiger partial charge in [0.1, 0.15) is 5.56 Å². The van der Waals surface area contributed by atoms with E-state index in [-0.39, 0.29) is 17.9 Å². The third-order valence-corrected chi connectivity index (χ3v) is 3.81. The van der Waals surface area contributed by atoms with E-state index in [2.05, 4.69) is 10.1 Å². The van der Waals surface area contributed by atoms with Gasteiger partial charge in [-0.15, -0.1) is 0 Å². The molecule has 1 saturated heterocycles. The van der Waals surface area contributed by atoms with Gasteiger partial charge in [0, 0.05) is 38.6 Å². The van der Waals surface area contributed by atoms with Gasteiger partial charge in [0.05, 0.1) is 11.8 Å². The number of carbonyl (C=O) groups excluding carboxylic acids is 1. The lowest BCUT2D eigenvalue weighted by molar-refractivity contribution is 0.0551. The Labute approximate surface area is 125 Å². The number of hydrogen-bond acceptors (Lipinski definition) is 5. The summed E-state index contributed by atoms with van der Waals surface area (Å²) in [6.45, 7) is 11.2. The highest BCUT2D eigenvalue weighted by atomic mass is 16.5. The van der Waals surface area contributed by atoms with Crippen molar-refractivity contribution in [2.45, 2.75) is 39.7 Å². The van der Waals surface area contributed by atoms with Gasteiger partial charge in [-0.05, 0) is 13.8 Å². The first-order valence-corrected chi connectivity index (χ1v) is 7.56. The summed E-state index contributed by atoms with van der Waals surface area (Å²) in [6.07, 6.45) is -0.333. The average molecular weight is 295 g/mol. The number of β-amino-alcohol motifs (C(OH)–C–C–N with tert-alkyl or cyclic N) is 1. The summed E-state index contributed by atoms with van der Waals surface area (Å²) in [5, 5.41) is 13.4. The van der Waals surface area contributed by atoms with Crippen LogP contribution in [0, 0.1) is 6.92 Å². The summed E-state index contributed by atoms with van der Waals surface area (Å²) in [5.41, 5.74) is 1.28. The van der Waals surface area contributed by atoms with Crippen LogP contribution in [0.2, 0.25) is 0 Å². The summed E-state index contributed by atoms with van der Waals surface area (Å²) in [4.78, 5) is 16.7. The number of aliphatic hydroxyl groups is 1. The van der Waals surface area contributed by atoms with Crippen LogP contribution in [-0.4, -0.2) is 64.8 Å². The topological polar surface area (TPSA) is 69.8 Å². The van der Waals surface area contributed by atoms with Crippen molar-refractivity contribution in [3.05, 3.63) is 17.0 Å². The van der Waals surface area contributed by atoms with Gasteiger partial charge in [-0.1, -0.05) is 19.0 Å². The molecule has 0 saturated carbocycles. The Bertz CT molecular complexity index is 488. The van der Waals surface area contributed by atoms with Crippen molar-refractivity contribution in [1.82, 2.24) is 15.0 Å². The summed E-state index contributed by atoms with van der Waals surface area (Å²) in [7, 11) is 0. The lowest BCUT2D eigenvalue weighted by Crippen LogP contribution is -2.50. The Morgan fingerprint density at radius 1 is 1.29 bits per heavy atom. The molecule has 1 fully saturated rings. The van der Waals surface area contributed by atoms with Crippen LogP contribution >= 0.6 is 0 Å². The quantitative estimate of drug-likeness (QED) is 0.905. The third-order valence-electron chi connectivity index (χ3n) is 3.81. The maximum absolute atomic E-state index is 12.7. The number of amides is 1. The first-order valence-electron chi connectivity index (χ1n) is 7.56. The molecule has 0 aliphatic carbocycles. The lowest BCUT2D eigenvalue weighted by Gasteiger charge is -2.35. The minimum atomic E-state index is -0.333. The predicted octanol–water partition coefficient (Wildman–Crippen LogP) is 1.25. The maximum Gasteiger partial charge on any atom is 0.259 e. The van der Waals surface area contributed by atoms with Gasteiger partial charge in [-0.3, -0.25) is 9.69 Å². The zero-order valence-electron chi connectivity index (χ0n) is 13.3. The van der Waals surface area contributed by atoms with E-state index in [0.29, 0.717) is 36.7 Å². The molecule has 1 N–H and O–H groups in total. The molecule has 1 amide bonds. The first-order chi connectivity index (χ1) is 9.90. The molecule has 1 aromatic rings. The Morgan fingerprint density at radius 3 is 2.43 bits per heavy atom. The molecule has 1 aliphatic heterocycles. The van der Waals surface area contributed by atoms with Gasteiger partial charge in [-0.25, -0.2) is 0 Å². The Balaban J connectivity index is 2.04. The highest BCUT2D eigenvalue weighted by molar-refractivity contribution is 5.96. The van der Waals surface area contributed by atoms with E-state index in [9.17, 15) is 9.90 Å². The molecular weight excluding hydrogens is 270 g/mol. The molecule has 0 radical (unpaired) electrons. The van der Waals surface area contributed by atoms with Crippen molar-refractivity contribution in [3.8, 4) is 0 Å². The second kappa shape index (κ2) is 6.58. The third kappa shape index (κ3) is 3.63. The van der Waals surface area contributed by atoms with Crippen molar-refractivity contribution in [2.75, 3.05) is 32.7 Å². The number of carbonyl (C=O) groups is 1. The molecule has 0 spiro atoms. The summed E-state index contributed by atoms with van der Waals surface area (Å²) in [6, 6.07) is 0. The van der Waals surface area contributed by atoms with Crippen LogP contribution in [0.15, 0.2) is 4.52 Å². The molecule has 0 unspecified atom stereocenters.